The molecule has 3 rings (SSSR count). The van der Waals surface area contributed by atoms with E-state index in [1.165, 1.54) is 14.1 Å². The SMILES string of the molecule is CC(C)n1c([C@@H]2CCCN(C(=O)CNS(=O)(=O)N(C)C)C2)nc2ccccc21. The minimum absolute atomic E-state index is 0.137. The second-order valence-corrected chi connectivity index (χ2v) is 9.68. The summed E-state index contributed by atoms with van der Waals surface area (Å²) in [5.41, 5.74) is 2.07. The number of piperidine rings is 1. The first-order valence-corrected chi connectivity index (χ1v) is 11.1. The summed E-state index contributed by atoms with van der Waals surface area (Å²) in [6, 6.07) is 8.35. The number of amides is 1. The highest BCUT2D eigenvalue weighted by Gasteiger charge is 2.29. The van der Waals surface area contributed by atoms with Crippen LogP contribution in [0.15, 0.2) is 24.3 Å². The quantitative estimate of drug-likeness (QED) is 0.790. The van der Waals surface area contributed by atoms with E-state index in [-0.39, 0.29) is 24.4 Å². The molecular weight excluding hydrogens is 378 g/mol. The Morgan fingerprint density at radius 3 is 2.71 bits per heavy atom. The van der Waals surface area contributed by atoms with Crippen molar-refractivity contribution >= 4 is 27.1 Å². The molecule has 154 valence electrons. The van der Waals surface area contributed by atoms with Crippen LogP contribution in [-0.2, 0) is 15.0 Å². The van der Waals surface area contributed by atoms with E-state index in [1.807, 2.05) is 18.2 Å². The van der Waals surface area contributed by atoms with Gasteiger partial charge < -0.3 is 9.47 Å². The van der Waals surface area contributed by atoms with Gasteiger partial charge in [0.2, 0.25) is 5.91 Å². The van der Waals surface area contributed by atoms with Gasteiger partial charge in [-0.1, -0.05) is 12.1 Å². The molecule has 0 radical (unpaired) electrons. The molecule has 0 spiro atoms. The van der Waals surface area contributed by atoms with Gasteiger partial charge in [0.25, 0.3) is 10.2 Å². The third-order valence-corrected chi connectivity index (χ3v) is 6.64. The molecule has 0 saturated carbocycles. The molecule has 1 atom stereocenters. The van der Waals surface area contributed by atoms with Crippen molar-refractivity contribution < 1.29 is 13.2 Å². The maximum Gasteiger partial charge on any atom is 0.279 e. The van der Waals surface area contributed by atoms with Crippen molar-refractivity contribution in [2.75, 3.05) is 33.7 Å². The summed E-state index contributed by atoms with van der Waals surface area (Å²) in [5, 5.41) is 0. The molecule has 0 unspecified atom stereocenters. The number of para-hydroxylation sites is 2. The number of aromatic nitrogens is 2. The third-order valence-electron chi connectivity index (χ3n) is 5.17. The average molecular weight is 408 g/mol. The predicted octanol–water partition coefficient (Wildman–Crippen LogP) is 1.72. The number of hydrogen-bond donors (Lipinski definition) is 1. The smallest absolute Gasteiger partial charge is 0.279 e. The first kappa shape index (κ1) is 20.8. The van der Waals surface area contributed by atoms with Crippen molar-refractivity contribution in [3.8, 4) is 0 Å². The van der Waals surface area contributed by atoms with Crippen LogP contribution in [0.5, 0.6) is 0 Å². The van der Waals surface area contributed by atoms with E-state index in [0.29, 0.717) is 13.1 Å². The summed E-state index contributed by atoms with van der Waals surface area (Å²) in [6.07, 6.45) is 1.83. The van der Waals surface area contributed by atoms with Crippen LogP contribution in [0, 0.1) is 0 Å². The second-order valence-electron chi connectivity index (χ2n) is 7.71. The van der Waals surface area contributed by atoms with Gasteiger partial charge in [-0.3, -0.25) is 4.79 Å². The lowest BCUT2D eigenvalue weighted by molar-refractivity contribution is -0.131. The van der Waals surface area contributed by atoms with Crippen LogP contribution in [0.3, 0.4) is 0 Å². The highest BCUT2D eigenvalue weighted by Crippen LogP contribution is 2.31. The van der Waals surface area contributed by atoms with Crippen LogP contribution in [0.1, 0.15) is 44.5 Å². The van der Waals surface area contributed by atoms with Gasteiger partial charge >= 0.3 is 0 Å². The molecule has 2 heterocycles. The number of nitrogens with one attached hydrogen (secondary N) is 1. The first-order chi connectivity index (χ1) is 13.2. The largest absolute Gasteiger partial charge is 0.341 e. The lowest BCUT2D eigenvalue weighted by Crippen LogP contribution is -2.46. The van der Waals surface area contributed by atoms with E-state index in [2.05, 4.69) is 29.2 Å². The fraction of sp³-hybridized carbons (Fsp3) is 0.579. The summed E-state index contributed by atoms with van der Waals surface area (Å²) in [6.45, 7) is 5.24. The van der Waals surface area contributed by atoms with Gasteiger partial charge in [0.1, 0.15) is 5.82 Å². The number of carbonyl (C=O) groups excluding carboxylic acids is 1. The number of imidazole rings is 1. The van der Waals surface area contributed by atoms with Crippen LogP contribution in [-0.4, -0.2) is 66.8 Å². The van der Waals surface area contributed by atoms with Gasteiger partial charge in [-0.15, -0.1) is 0 Å². The lowest BCUT2D eigenvalue weighted by Gasteiger charge is -2.33. The molecule has 1 aliphatic heterocycles. The van der Waals surface area contributed by atoms with Gasteiger partial charge in [-0.05, 0) is 38.8 Å². The molecule has 1 N–H and O–H groups in total. The number of carbonyl (C=O) groups is 1. The molecule has 8 nitrogen and oxygen atoms in total. The average Bonchev–Trinajstić information content (AvgIpc) is 3.06. The Morgan fingerprint density at radius 1 is 1.32 bits per heavy atom. The summed E-state index contributed by atoms with van der Waals surface area (Å²) >= 11 is 0. The van der Waals surface area contributed by atoms with E-state index >= 15 is 0 Å². The highest BCUT2D eigenvalue weighted by atomic mass is 32.2. The van der Waals surface area contributed by atoms with Crippen molar-refractivity contribution in [2.24, 2.45) is 0 Å². The maximum atomic E-state index is 12.6. The topological polar surface area (TPSA) is 87.5 Å². The standard InChI is InChI=1S/C19H29N5O3S/c1-14(2)24-17-10-6-5-9-16(17)21-19(24)15-8-7-11-23(13-15)18(25)12-20-28(26,27)22(3)4/h5-6,9-10,14-15,20H,7-8,11-13H2,1-4H3/t15-/m1/s1. The first-order valence-electron chi connectivity index (χ1n) is 9.62. The van der Waals surface area contributed by atoms with Gasteiger partial charge in [-0.2, -0.15) is 17.4 Å². The van der Waals surface area contributed by atoms with Gasteiger partial charge in [0.05, 0.1) is 17.6 Å². The normalized spacial score (nSPS) is 18.4. The van der Waals surface area contributed by atoms with Crippen molar-refractivity contribution in [1.82, 2.24) is 23.5 Å². The summed E-state index contributed by atoms with van der Waals surface area (Å²) < 4.78 is 29.4. The van der Waals surface area contributed by atoms with Crippen LogP contribution in [0.25, 0.3) is 11.0 Å². The van der Waals surface area contributed by atoms with Gasteiger partial charge in [0, 0.05) is 39.1 Å². The Labute approximate surface area is 166 Å². The van der Waals surface area contributed by atoms with E-state index in [9.17, 15) is 13.2 Å². The number of likely N-dealkylation sites (tertiary alicyclic amines) is 1. The van der Waals surface area contributed by atoms with Crippen molar-refractivity contribution in [3.63, 3.8) is 0 Å². The summed E-state index contributed by atoms with van der Waals surface area (Å²) in [7, 11) is -0.752. The molecule has 1 fully saturated rings. The highest BCUT2D eigenvalue weighted by molar-refractivity contribution is 7.87. The van der Waals surface area contributed by atoms with Crippen molar-refractivity contribution in [1.29, 1.82) is 0 Å². The third kappa shape index (κ3) is 4.21. The molecule has 0 bridgehead atoms. The Balaban J connectivity index is 1.78. The monoisotopic (exact) mass is 407 g/mol. The van der Waals surface area contributed by atoms with Crippen LogP contribution >= 0.6 is 0 Å². The molecule has 2 aromatic rings. The predicted molar refractivity (Wildman–Crippen MR) is 109 cm³/mol. The van der Waals surface area contributed by atoms with Crippen LogP contribution < -0.4 is 4.72 Å². The lowest BCUT2D eigenvalue weighted by atomic mass is 9.96. The molecule has 1 aromatic carbocycles. The van der Waals surface area contributed by atoms with Gasteiger partial charge in [0.15, 0.2) is 0 Å². The zero-order valence-corrected chi connectivity index (χ0v) is 17.7. The van der Waals surface area contributed by atoms with Crippen molar-refractivity contribution in [2.45, 2.75) is 38.6 Å². The Kier molecular flexibility index (Phi) is 6.07. The molecule has 1 aliphatic rings. The Morgan fingerprint density at radius 2 is 2.04 bits per heavy atom. The van der Waals surface area contributed by atoms with Crippen LogP contribution in [0.4, 0.5) is 0 Å². The zero-order chi connectivity index (χ0) is 20.5. The molecule has 1 amide bonds. The molecule has 28 heavy (non-hydrogen) atoms. The number of nitrogens with zero attached hydrogens (tertiary/aromatic N) is 4. The second kappa shape index (κ2) is 8.18. The van der Waals surface area contributed by atoms with E-state index in [4.69, 9.17) is 4.98 Å². The number of benzene rings is 1. The fourth-order valence-electron chi connectivity index (χ4n) is 3.70. The van der Waals surface area contributed by atoms with Crippen LogP contribution in [0.2, 0.25) is 0 Å². The van der Waals surface area contributed by atoms with Gasteiger partial charge in [-0.25, -0.2) is 4.98 Å². The maximum absolute atomic E-state index is 12.6. The number of rotatable bonds is 6. The molecule has 9 heteroatoms. The molecule has 0 aliphatic carbocycles. The number of fused-ring (bicyclic) bond motifs is 1. The Hall–Kier alpha value is -1.97. The fourth-order valence-corrected chi connectivity index (χ4v) is 4.27. The minimum atomic E-state index is -3.61. The summed E-state index contributed by atoms with van der Waals surface area (Å²) in [5.74, 6) is 0.933. The Bertz CT molecular complexity index is 952. The summed E-state index contributed by atoms with van der Waals surface area (Å²) in [4.78, 5) is 19.2. The van der Waals surface area contributed by atoms with E-state index in [0.717, 1.165) is 34.0 Å². The van der Waals surface area contributed by atoms with Crippen molar-refractivity contribution in [3.05, 3.63) is 30.1 Å². The molecular formula is C19H29N5O3S. The van der Waals surface area contributed by atoms with E-state index < -0.39 is 10.2 Å². The molecule has 1 aromatic heterocycles. The number of hydrogen-bond acceptors (Lipinski definition) is 4. The minimum Gasteiger partial charge on any atom is -0.341 e. The van der Waals surface area contributed by atoms with E-state index in [1.54, 1.807) is 4.90 Å². The zero-order valence-electron chi connectivity index (χ0n) is 16.9. The molecule has 1 saturated heterocycles.